The van der Waals surface area contributed by atoms with Gasteiger partial charge in [0.25, 0.3) is 0 Å². The minimum atomic E-state index is -1.04. The predicted molar refractivity (Wildman–Crippen MR) is 128 cm³/mol. The summed E-state index contributed by atoms with van der Waals surface area (Å²) in [6.07, 6.45) is 2.16. The fourth-order valence-corrected chi connectivity index (χ4v) is 4.83. The number of esters is 1. The Kier molecular flexibility index (Phi) is 7.07. The van der Waals surface area contributed by atoms with Gasteiger partial charge in [-0.2, -0.15) is 0 Å². The van der Waals surface area contributed by atoms with Gasteiger partial charge in [-0.15, -0.1) is 0 Å². The lowest BCUT2D eigenvalue weighted by Gasteiger charge is -2.25. The van der Waals surface area contributed by atoms with Gasteiger partial charge in [-0.25, -0.2) is 9.59 Å². The van der Waals surface area contributed by atoms with E-state index in [4.69, 9.17) is 14.2 Å². The van der Waals surface area contributed by atoms with Gasteiger partial charge in [0.15, 0.2) is 0 Å². The molecule has 0 bridgehead atoms. The second kappa shape index (κ2) is 10.0. The molecule has 1 aromatic carbocycles. The number of fused-ring (bicyclic) bond motifs is 1. The molecule has 186 valence electrons. The zero-order valence-corrected chi connectivity index (χ0v) is 20.3. The smallest absolute Gasteiger partial charge is 0.415 e. The van der Waals surface area contributed by atoms with Crippen LogP contribution in [0.1, 0.15) is 38.7 Å². The molecule has 1 N–H and O–H groups in total. The summed E-state index contributed by atoms with van der Waals surface area (Å²) < 4.78 is 16.3. The highest BCUT2D eigenvalue weighted by Crippen LogP contribution is 2.47. The first-order chi connectivity index (χ1) is 16.8. The Hall–Kier alpha value is -3.46. The summed E-state index contributed by atoms with van der Waals surface area (Å²) in [5.74, 6) is -0.674. The average molecular weight is 482 g/mol. The molecule has 1 aliphatic heterocycles. The number of methoxy groups -OCH3 is 1. The zero-order valence-electron chi connectivity index (χ0n) is 20.3. The standard InChI is InChI=1S/C26H31N3O6/c1-5-19-13-26(19,24(31)33-4)28-23(30)21-12-20(14-29(21)25(32)35-16(2)3)34-15-18-9-6-8-17-10-7-11-27-22(17)18/h6-11,19-21H,2,5,12-15H2,1,3-4H3,(H,28,30)/t19-,20+,21-,26+/m0/s1. The third-order valence-electron chi connectivity index (χ3n) is 6.75. The van der Waals surface area contributed by atoms with E-state index in [-0.39, 0.29) is 31.2 Å². The van der Waals surface area contributed by atoms with Crippen molar-refractivity contribution in [3.05, 3.63) is 54.4 Å². The van der Waals surface area contributed by atoms with Crippen LogP contribution in [0.25, 0.3) is 10.9 Å². The zero-order chi connectivity index (χ0) is 25.2. The van der Waals surface area contributed by atoms with E-state index < -0.39 is 35.7 Å². The number of para-hydroxylation sites is 1. The Balaban J connectivity index is 1.49. The Morgan fingerprint density at radius 2 is 2.03 bits per heavy atom. The van der Waals surface area contributed by atoms with Crippen LogP contribution in [0.2, 0.25) is 0 Å². The van der Waals surface area contributed by atoms with Crippen molar-refractivity contribution in [3.63, 3.8) is 0 Å². The van der Waals surface area contributed by atoms with Gasteiger partial charge in [0.05, 0.1) is 37.6 Å². The van der Waals surface area contributed by atoms with Crippen molar-refractivity contribution in [3.8, 4) is 0 Å². The SMILES string of the molecule is C=C(C)OC(=O)N1C[C@H](OCc2cccc3cccnc23)C[C@H]1C(=O)N[C@]1(C(=O)OC)C[C@@H]1CC. The number of nitrogens with one attached hydrogen (secondary N) is 1. The van der Waals surface area contributed by atoms with Crippen molar-refractivity contribution < 1.29 is 28.6 Å². The molecular weight excluding hydrogens is 450 g/mol. The van der Waals surface area contributed by atoms with Crippen LogP contribution >= 0.6 is 0 Å². The van der Waals surface area contributed by atoms with Crippen molar-refractivity contribution in [1.29, 1.82) is 0 Å². The maximum atomic E-state index is 13.3. The molecule has 1 aromatic heterocycles. The molecule has 0 spiro atoms. The van der Waals surface area contributed by atoms with Crippen LogP contribution in [0.15, 0.2) is 48.9 Å². The van der Waals surface area contributed by atoms with Gasteiger partial charge in [-0.1, -0.05) is 44.2 Å². The molecule has 9 nitrogen and oxygen atoms in total. The molecule has 2 heterocycles. The molecule has 35 heavy (non-hydrogen) atoms. The molecular formula is C26H31N3O6. The lowest BCUT2D eigenvalue weighted by molar-refractivity contribution is -0.147. The topological polar surface area (TPSA) is 107 Å². The minimum absolute atomic E-state index is 0.00188. The van der Waals surface area contributed by atoms with Gasteiger partial charge < -0.3 is 19.5 Å². The number of carbonyl (C=O) groups is 3. The van der Waals surface area contributed by atoms with E-state index in [2.05, 4.69) is 16.9 Å². The van der Waals surface area contributed by atoms with Crippen molar-refractivity contribution in [1.82, 2.24) is 15.2 Å². The van der Waals surface area contributed by atoms with E-state index in [1.165, 1.54) is 12.0 Å². The quantitative estimate of drug-likeness (QED) is 0.455. The number of rotatable bonds is 8. The number of amides is 2. The van der Waals surface area contributed by atoms with Gasteiger partial charge >= 0.3 is 12.1 Å². The van der Waals surface area contributed by atoms with Gasteiger partial charge in [-0.05, 0) is 25.3 Å². The van der Waals surface area contributed by atoms with E-state index in [1.54, 1.807) is 13.1 Å². The number of aromatic nitrogens is 1. The number of benzene rings is 1. The molecule has 1 aliphatic carbocycles. The first kappa shape index (κ1) is 24.7. The number of pyridine rings is 1. The summed E-state index contributed by atoms with van der Waals surface area (Å²) in [7, 11) is 1.30. The fraction of sp³-hybridized carbons (Fsp3) is 0.462. The number of allylic oxidation sites excluding steroid dienone is 1. The van der Waals surface area contributed by atoms with E-state index in [0.717, 1.165) is 22.9 Å². The number of ether oxygens (including phenoxy) is 3. The number of likely N-dealkylation sites (tertiary alicyclic amines) is 1. The average Bonchev–Trinajstić information content (AvgIpc) is 3.39. The van der Waals surface area contributed by atoms with Gasteiger partial charge in [0.1, 0.15) is 11.6 Å². The molecule has 9 heteroatoms. The largest absolute Gasteiger partial charge is 0.467 e. The number of hydrogen-bond acceptors (Lipinski definition) is 7. The molecule has 2 fully saturated rings. The fourth-order valence-electron chi connectivity index (χ4n) is 4.83. The first-order valence-corrected chi connectivity index (χ1v) is 11.8. The Bertz CT molecular complexity index is 1150. The summed E-state index contributed by atoms with van der Waals surface area (Å²) in [4.78, 5) is 44.3. The van der Waals surface area contributed by atoms with Crippen LogP contribution in [0, 0.1) is 5.92 Å². The third-order valence-corrected chi connectivity index (χ3v) is 6.75. The van der Waals surface area contributed by atoms with Crippen LogP contribution in [-0.4, -0.2) is 59.2 Å². The molecule has 4 rings (SSSR count). The van der Waals surface area contributed by atoms with E-state index >= 15 is 0 Å². The lowest BCUT2D eigenvalue weighted by atomic mass is 10.1. The molecule has 4 atom stereocenters. The summed E-state index contributed by atoms with van der Waals surface area (Å²) in [6, 6.07) is 8.88. The van der Waals surface area contributed by atoms with Crippen molar-refractivity contribution in [2.75, 3.05) is 13.7 Å². The van der Waals surface area contributed by atoms with Crippen LogP contribution in [0.5, 0.6) is 0 Å². The highest BCUT2D eigenvalue weighted by molar-refractivity contribution is 5.94. The lowest BCUT2D eigenvalue weighted by Crippen LogP contribution is -2.53. The highest BCUT2D eigenvalue weighted by Gasteiger charge is 2.62. The normalized spacial score (nSPS) is 25.2. The third kappa shape index (κ3) is 5.00. The molecule has 2 aromatic rings. The van der Waals surface area contributed by atoms with Crippen molar-refractivity contribution in [2.45, 2.75) is 57.4 Å². The van der Waals surface area contributed by atoms with Gasteiger partial charge in [0.2, 0.25) is 5.91 Å². The molecule has 1 saturated heterocycles. The van der Waals surface area contributed by atoms with Crippen LogP contribution in [0.4, 0.5) is 4.79 Å². The number of nitrogens with zero attached hydrogens (tertiary/aromatic N) is 2. The van der Waals surface area contributed by atoms with Crippen molar-refractivity contribution in [2.24, 2.45) is 5.92 Å². The minimum Gasteiger partial charge on any atom is -0.467 e. The Morgan fingerprint density at radius 1 is 1.26 bits per heavy atom. The molecule has 0 unspecified atom stereocenters. The van der Waals surface area contributed by atoms with Crippen molar-refractivity contribution >= 4 is 28.9 Å². The van der Waals surface area contributed by atoms with E-state index in [1.807, 2.05) is 37.3 Å². The summed E-state index contributed by atoms with van der Waals surface area (Å²) in [5, 5.41) is 3.87. The van der Waals surface area contributed by atoms with Crippen LogP contribution < -0.4 is 5.32 Å². The van der Waals surface area contributed by atoms with Gasteiger partial charge in [-0.3, -0.25) is 14.7 Å². The van der Waals surface area contributed by atoms with E-state index in [9.17, 15) is 14.4 Å². The monoisotopic (exact) mass is 481 g/mol. The van der Waals surface area contributed by atoms with Crippen LogP contribution in [0.3, 0.4) is 0 Å². The van der Waals surface area contributed by atoms with Gasteiger partial charge in [0, 0.05) is 23.6 Å². The summed E-state index contributed by atoms with van der Waals surface area (Å²) in [6.45, 7) is 7.59. The second-order valence-corrected chi connectivity index (χ2v) is 9.16. The summed E-state index contributed by atoms with van der Waals surface area (Å²) in [5.41, 5.74) is 0.721. The Labute approximate surface area is 204 Å². The summed E-state index contributed by atoms with van der Waals surface area (Å²) >= 11 is 0. The molecule has 2 amide bonds. The van der Waals surface area contributed by atoms with Crippen LogP contribution in [-0.2, 0) is 30.4 Å². The molecule has 2 aliphatic rings. The maximum absolute atomic E-state index is 13.3. The number of carbonyl (C=O) groups excluding carboxylic acids is 3. The molecule has 0 radical (unpaired) electrons. The first-order valence-electron chi connectivity index (χ1n) is 11.8. The Morgan fingerprint density at radius 3 is 2.71 bits per heavy atom. The predicted octanol–water partition coefficient (Wildman–Crippen LogP) is 3.32. The highest BCUT2D eigenvalue weighted by atomic mass is 16.6. The second-order valence-electron chi connectivity index (χ2n) is 9.16. The molecule has 1 saturated carbocycles. The maximum Gasteiger partial charge on any atom is 0.415 e. The number of hydrogen-bond donors (Lipinski definition) is 1. The van der Waals surface area contributed by atoms with E-state index in [0.29, 0.717) is 6.42 Å².